The lowest BCUT2D eigenvalue weighted by Crippen LogP contribution is -2.22. The fraction of sp³-hybridized carbons (Fsp3) is 0.300. The van der Waals surface area contributed by atoms with Crippen molar-refractivity contribution in [1.29, 1.82) is 0 Å². The third-order valence-electron chi connectivity index (χ3n) is 1.44. The number of hydrogen-bond acceptors (Lipinski definition) is 3. The first-order valence-corrected chi connectivity index (χ1v) is 4.07. The Labute approximate surface area is 77.0 Å². The number of carboxylic acid groups (broad SMARTS) is 1. The van der Waals surface area contributed by atoms with Gasteiger partial charge in [0.25, 0.3) is 0 Å². The molecule has 0 aromatic heterocycles. The number of rotatable bonds is 3. The molecular weight excluding hydrogens is 168 g/mol. The van der Waals surface area contributed by atoms with Gasteiger partial charge in [0, 0.05) is 5.56 Å². The van der Waals surface area contributed by atoms with E-state index < -0.39 is 5.97 Å². The van der Waals surface area contributed by atoms with Crippen molar-refractivity contribution in [3.8, 4) is 5.75 Å². The molecule has 0 aliphatic heterocycles. The highest BCUT2D eigenvalue weighted by molar-refractivity contribution is 5.86. The molecule has 0 radical (unpaired) electrons. The minimum Gasteiger partial charge on any atom is -0.545 e. The highest BCUT2D eigenvalue weighted by atomic mass is 16.5. The van der Waals surface area contributed by atoms with Crippen LogP contribution in [0.15, 0.2) is 24.3 Å². The van der Waals surface area contributed by atoms with Crippen LogP contribution in [0.3, 0.4) is 0 Å². The molecule has 0 aliphatic rings. The van der Waals surface area contributed by atoms with E-state index in [2.05, 4.69) is 0 Å². The summed E-state index contributed by atoms with van der Waals surface area (Å²) < 4.78 is 5.31. The minimum atomic E-state index is -1.19. The first kappa shape index (κ1) is 9.58. The van der Waals surface area contributed by atoms with Crippen LogP contribution in [0, 0.1) is 0 Å². The number of carbonyl (C=O) groups excluding carboxylic acids is 1. The van der Waals surface area contributed by atoms with E-state index in [1.807, 2.05) is 13.8 Å². The van der Waals surface area contributed by atoms with Crippen molar-refractivity contribution in [2.24, 2.45) is 0 Å². The van der Waals surface area contributed by atoms with Crippen molar-refractivity contribution >= 4 is 5.97 Å². The summed E-state index contributed by atoms with van der Waals surface area (Å²) in [5, 5.41) is 10.5. The highest BCUT2D eigenvalue weighted by Crippen LogP contribution is 2.14. The molecule has 0 fully saturated rings. The van der Waals surface area contributed by atoms with Crippen LogP contribution < -0.4 is 9.84 Å². The fourth-order valence-corrected chi connectivity index (χ4v) is 0.969. The topological polar surface area (TPSA) is 49.4 Å². The van der Waals surface area contributed by atoms with Gasteiger partial charge in [-0.15, -0.1) is 0 Å². The summed E-state index contributed by atoms with van der Waals surface area (Å²) in [7, 11) is 0. The van der Waals surface area contributed by atoms with Crippen molar-refractivity contribution in [3.63, 3.8) is 0 Å². The Morgan fingerprint density at radius 1 is 1.46 bits per heavy atom. The first-order valence-electron chi connectivity index (χ1n) is 4.07. The monoisotopic (exact) mass is 179 g/mol. The van der Waals surface area contributed by atoms with Crippen molar-refractivity contribution < 1.29 is 14.6 Å². The third kappa shape index (κ3) is 2.78. The lowest BCUT2D eigenvalue weighted by Gasteiger charge is -2.10. The molecule has 0 saturated heterocycles. The molecule has 0 amide bonds. The molecular formula is C10H11O3-. The second-order valence-corrected chi connectivity index (χ2v) is 2.98. The maximum atomic E-state index is 10.5. The predicted octanol–water partition coefficient (Wildman–Crippen LogP) is 0.837. The van der Waals surface area contributed by atoms with Gasteiger partial charge in [-0.05, 0) is 26.0 Å². The van der Waals surface area contributed by atoms with Gasteiger partial charge < -0.3 is 14.6 Å². The maximum Gasteiger partial charge on any atom is 0.120 e. The van der Waals surface area contributed by atoms with Gasteiger partial charge in [-0.2, -0.15) is 0 Å². The molecule has 0 atom stereocenters. The summed E-state index contributed by atoms with van der Waals surface area (Å²) in [4.78, 5) is 10.5. The summed E-state index contributed by atoms with van der Waals surface area (Å²) in [5.74, 6) is -0.633. The average molecular weight is 179 g/mol. The molecule has 0 N–H and O–H groups in total. The Bertz CT molecular complexity index is 305. The van der Waals surface area contributed by atoms with Gasteiger partial charge in [0.05, 0.1) is 12.1 Å². The zero-order valence-corrected chi connectivity index (χ0v) is 7.61. The van der Waals surface area contributed by atoms with Crippen LogP contribution >= 0.6 is 0 Å². The molecule has 0 heterocycles. The Hall–Kier alpha value is -1.51. The van der Waals surface area contributed by atoms with Gasteiger partial charge in [-0.3, -0.25) is 0 Å². The zero-order valence-electron chi connectivity index (χ0n) is 7.61. The van der Waals surface area contributed by atoms with Gasteiger partial charge in [0.15, 0.2) is 0 Å². The lowest BCUT2D eigenvalue weighted by atomic mass is 10.2. The SMILES string of the molecule is CC(C)Oc1cccc(C(=O)[O-])c1. The first-order chi connectivity index (χ1) is 6.09. The van der Waals surface area contributed by atoms with Crippen LogP contribution in [-0.4, -0.2) is 12.1 Å². The smallest absolute Gasteiger partial charge is 0.120 e. The second-order valence-electron chi connectivity index (χ2n) is 2.98. The Morgan fingerprint density at radius 3 is 2.69 bits per heavy atom. The Kier molecular flexibility index (Phi) is 2.90. The molecule has 1 aromatic carbocycles. The molecule has 1 rings (SSSR count). The number of carbonyl (C=O) groups is 1. The van der Waals surface area contributed by atoms with Crippen LogP contribution in [0.2, 0.25) is 0 Å². The molecule has 0 aliphatic carbocycles. The number of carboxylic acids is 1. The maximum absolute atomic E-state index is 10.5. The molecule has 0 saturated carbocycles. The number of benzene rings is 1. The Morgan fingerprint density at radius 2 is 2.15 bits per heavy atom. The van der Waals surface area contributed by atoms with E-state index in [4.69, 9.17) is 4.74 Å². The van der Waals surface area contributed by atoms with Gasteiger partial charge >= 0.3 is 0 Å². The molecule has 13 heavy (non-hydrogen) atoms. The van der Waals surface area contributed by atoms with Crippen molar-refractivity contribution in [1.82, 2.24) is 0 Å². The number of aromatic carboxylic acids is 1. The summed E-state index contributed by atoms with van der Waals surface area (Å²) in [6, 6.07) is 6.27. The average Bonchev–Trinajstić information content (AvgIpc) is 2.03. The van der Waals surface area contributed by atoms with Crippen molar-refractivity contribution in [2.75, 3.05) is 0 Å². The summed E-state index contributed by atoms with van der Waals surface area (Å²) in [5.41, 5.74) is 0.137. The van der Waals surface area contributed by atoms with Crippen LogP contribution in [0.25, 0.3) is 0 Å². The van der Waals surface area contributed by atoms with Crippen LogP contribution in [0.5, 0.6) is 5.75 Å². The fourth-order valence-electron chi connectivity index (χ4n) is 0.969. The summed E-state index contributed by atoms with van der Waals surface area (Å²) in [6.45, 7) is 3.76. The quantitative estimate of drug-likeness (QED) is 0.690. The predicted molar refractivity (Wildman–Crippen MR) is 46.5 cm³/mol. The number of ether oxygens (including phenoxy) is 1. The number of hydrogen-bond donors (Lipinski definition) is 0. The largest absolute Gasteiger partial charge is 0.545 e. The van der Waals surface area contributed by atoms with Crippen LogP contribution in [0.1, 0.15) is 24.2 Å². The summed E-state index contributed by atoms with van der Waals surface area (Å²) in [6.07, 6.45) is 0.0389. The molecule has 0 unspecified atom stereocenters. The molecule has 1 aromatic rings. The van der Waals surface area contributed by atoms with Crippen molar-refractivity contribution in [2.45, 2.75) is 20.0 Å². The molecule has 0 bridgehead atoms. The Balaban J connectivity index is 2.85. The van der Waals surface area contributed by atoms with Gasteiger partial charge in [-0.1, -0.05) is 12.1 Å². The zero-order chi connectivity index (χ0) is 9.84. The van der Waals surface area contributed by atoms with Crippen LogP contribution in [0.4, 0.5) is 0 Å². The lowest BCUT2D eigenvalue weighted by molar-refractivity contribution is -0.255. The van der Waals surface area contributed by atoms with E-state index in [1.54, 1.807) is 12.1 Å². The standard InChI is InChI=1S/C10H12O3/c1-7(2)13-9-5-3-4-8(6-9)10(11)12/h3-7H,1-2H3,(H,11,12)/p-1. The van der Waals surface area contributed by atoms with Crippen LogP contribution in [-0.2, 0) is 0 Å². The third-order valence-corrected chi connectivity index (χ3v) is 1.44. The molecule has 70 valence electrons. The van der Waals surface area contributed by atoms with E-state index in [0.29, 0.717) is 5.75 Å². The van der Waals surface area contributed by atoms with Gasteiger partial charge in [0.2, 0.25) is 0 Å². The minimum absolute atomic E-state index is 0.0389. The normalized spacial score (nSPS) is 10.1. The summed E-state index contributed by atoms with van der Waals surface area (Å²) >= 11 is 0. The van der Waals surface area contributed by atoms with E-state index in [-0.39, 0.29) is 11.7 Å². The van der Waals surface area contributed by atoms with E-state index >= 15 is 0 Å². The molecule has 0 spiro atoms. The van der Waals surface area contributed by atoms with Gasteiger partial charge in [0.1, 0.15) is 5.75 Å². The van der Waals surface area contributed by atoms with E-state index in [0.717, 1.165) is 0 Å². The molecule has 3 heteroatoms. The second kappa shape index (κ2) is 3.94. The highest BCUT2D eigenvalue weighted by Gasteiger charge is 1.99. The van der Waals surface area contributed by atoms with Gasteiger partial charge in [-0.25, -0.2) is 0 Å². The van der Waals surface area contributed by atoms with E-state index in [9.17, 15) is 9.90 Å². The van der Waals surface area contributed by atoms with E-state index in [1.165, 1.54) is 12.1 Å². The van der Waals surface area contributed by atoms with Crippen molar-refractivity contribution in [3.05, 3.63) is 29.8 Å². The molecule has 3 nitrogen and oxygen atoms in total.